The van der Waals surface area contributed by atoms with Gasteiger partial charge in [-0.05, 0) is 19.1 Å². The van der Waals surface area contributed by atoms with Crippen LogP contribution in [0.25, 0.3) is 15.5 Å². The van der Waals surface area contributed by atoms with Crippen LogP contribution in [-0.4, -0.2) is 19.8 Å². The van der Waals surface area contributed by atoms with E-state index in [1.807, 2.05) is 32.0 Å². The summed E-state index contributed by atoms with van der Waals surface area (Å²) < 4.78 is 1.79. The predicted molar refractivity (Wildman–Crippen MR) is 72.6 cm³/mol. The normalized spacial score (nSPS) is 11.2. The van der Waals surface area contributed by atoms with Crippen LogP contribution >= 0.6 is 11.3 Å². The Bertz CT molecular complexity index is 712. The number of hydrogen-bond acceptors (Lipinski definition) is 5. The summed E-state index contributed by atoms with van der Waals surface area (Å²) in [5.41, 5.74) is 8.88. The van der Waals surface area contributed by atoms with Gasteiger partial charge in [-0.1, -0.05) is 29.9 Å². The van der Waals surface area contributed by atoms with Crippen molar-refractivity contribution in [3.05, 3.63) is 29.6 Å². The Labute approximate surface area is 108 Å². The second-order valence-electron chi connectivity index (χ2n) is 4.16. The number of aromatic nitrogens is 4. The van der Waals surface area contributed by atoms with Crippen molar-refractivity contribution in [1.29, 1.82) is 0 Å². The van der Waals surface area contributed by atoms with E-state index in [4.69, 9.17) is 5.73 Å². The number of hydrogen-bond donors (Lipinski definition) is 1. The topological polar surface area (TPSA) is 69.1 Å². The smallest absolute Gasteiger partial charge is 0.234 e. The standard InChI is InChI=1S/C12H13N5S/c1-3-10-14-15-12-17(10)16-11(18-12)8-6-7(2)4-5-9(8)13/h4-6H,3,13H2,1-2H3. The van der Waals surface area contributed by atoms with Crippen molar-refractivity contribution in [2.24, 2.45) is 0 Å². The molecule has 0 saturated carbocycles. The lowest BCUT2D eigenvalue weighted by molar-refractivity contribution is 0.838. The first kappa shape index (κ1) is 11.2. The molecule has 0 aliphatic carbocycles. The molecule has 18 heavy (non-hydrogen) atoms. The number of nitrogens with two attached hydrogens (primary N) is 1. The van der Waals surface area contributed by atoms with Gasteiger partial charge in [0.2, 0.25) is 4.96 Å². The Balaban J connectivity index is 2.19. The van der Waals surface area contributed by atoms with Gasteiger partial charge in [0.05, 0.1) is 0 Å². The molecule has 3 aromatic rings. The summed E-state index contributed by atoms with van der Waals surface area (Å²) in [7, 11) is 0. The molecule has 0 bridgehead atoms. The monoisotopic (exact) mass is 259 g/mol. The lowest BCUT2D eigenvalue weighted by Gasteiger charge is -2.02. The highest BCUT2D eigenvalue weighted by Crippen LogP contribution is 2.30. The van der Waals surface area contributed by atoms with Crippen molar-refractivity contribution in [1.82, 2.24) is 19.8 Å². The van der Waals surface area contributed by atoms with E-state index in [-0.39, 0.29) is 0 Å². The molecular formula is C12H13N5S. The molecule has 0 spiro atoms. The fraction of sp³-hybridized carbons (Fsp3) is 0.250. The highest BCUT2D eigenvalue weighted by Gasteiger charge is 2.13. The van der Waals surface area contributed by atoms with Crippen LogP contribution in [0.1, 0.15) is 18.3 Å². The predicted octanol–water partition coefficient (Wildman–Crippen LogP) is 2.31. The van der Waals surface area contributed by atoms with E-state index in [0.29, 0.717) is 0 Å². The Hall–Kier alpha value is -1.95. The van der Waals surface area contributed by atoms with Gasteiger partial charge < -0.3 is 5.73 Å². The zero-order chi connectivity index (χ0) is 12.7. The van der Waals surface area contributed by atoms with Crippen LogP contribution < -0.4 is 5.73 Å². The fourth-order valence-corrected chi connectivity index (χ4v) is 2.74. The van der Waals surface area contributed by atoms with Crippen LogP contribution in [-0.2, 0) is 6.42 Å². The molecule has 3 rings (SSSR count). The molecule has 0 saturated heterocycles. The Kier molecular flexibility index (Phi) is 2.52. The van der Waals surface area contributed by atoms with Gasteiger partial charge in [0.15, 0.2) is 5.82 Å². The summed E-state index contributed by atoms with van der Waals surface area (Å²) in [6, 6.07) is 5.96. The third-order valence-electron chi connectivity index (χ3n) is 2.81. The second-order valence-corrected chi connectivity index (χ2v) is 5.12. The van der Waals surface area contributed by atoms with Crippen LogP contribution in [0.15, 0.2) is 18.2 Å². The zero-order valence-electron chi connectivity index (χ0n) is 10.2. The van der Waals surface area contributed by atoms with Gasteiger partial charge in [0, 0.05) is 17.7 Å². The van der Waals surface area contributed by atoms with Crippen molar-refractivity contribution in [2.45, 2.75) is 20.3 Å². The molecule has 0 amide bonds. The van der Waals surface area contributed by atoms with Crippen LogP contribution in [0.5, 0.6) is 0 Å². The quantitative estimate of drug-likeness (QED) is 0.717. The van der Waals surface area contributed by atoms with Crippen molar-refractivity contribution in [3.8, 4) is 10.6 Å². The van der Waals surface area contributed by atoms with Gasteiger partial charge in [-0.3, -0.25) is 0 Å². The highest BCUT2D eigenvalue weighted by atomic mass is 32.1. The Morgan fingerprint density at radius 2 is 2.17 bits per heavy atom. The Morgan fingerprint density at radius 1 is 1.33 bits per heavy atom. The fourth-order valence-electron chi connectivity index (χ4n) is 1.84. The van der Waals surface area contributed by atoms with Gasteiger partial charge in [0.1, 0.15) is 5.01 Å². The lowest BCUT2D eigenvalue weighted by Crippen LogP contribution is -1.95. The molecule has 0 atom stereocenters. The van der Waals surface area contributed by atoms with E-state index in [9.17, 15) is 0 Å². The minimum Gasteiger partial charge on any atom is -0.398 e. The average Bonchev–Trinajstić information content (AvgIpc) is 2.91. The molecule has 6 heteroatoms. The first-order valence-electron chi connectivity index (χ1n) is 5.76. The third-order valence-corrected chi connectivity index (χ3v) is 3.74. The SMILES string of the molecule is CCc1nnc2sc(-c3cc(C)ccc3N)nn12. The average molecular weight is 259 g/mol. The first-order valence-corrected chi connectivity index (χ1v) is 6.58. The molecular weight excluding hydrogens is 246 g/mol. The number of nitrogens with zero attached hydrogens (tertiary/aromatic N) is 4. The maximum atomic E-state index is 6.00. The minimum absolute atomic E-state index is 0.739. The lowest BCUT2D eigenvalue weighted by atomic mass is 10.1. The molecule has 2 heterocycles. The summed E-state index contributed by atoms with van der Waals surface area (Å²) in [5, 5.41) is 13.6. The summed E-state index contributed by atoms with van der Waals surface area (Å²) in [4.78, 5) is 0.808. The largest absolute Gasteiger partial charge is 0.398 e. The number of rotatable bonds is 2. The van der Waals surface area contributed by atoms with Crippen LogP contribution in [0.2, 0.25) is 0 Å². The van der Waals surface area contributed by atoms with E-state index in [0.717, 1.165) is 33.5 Å². The first-order chi connectivity index (χ1) is 8.69. The molecule has 0 fully saturated rings. The highest BCUT2D eigenvalue weighted by molar-refractivity contribution is 7.19. The van der Waals surface area contributed by atoms with Gasteiger partial charge in [-0.2, -0.15) is 9.61 Å². The zero-order valence-corrected chi connectivity index (χ0v) is 11.0. The van der Waals surface area contributed by atoms with Crippen LogP contribution in [0, 0.1) is 6.92 Å². The van der Waals surface area contributed by atoms with Crippen molar-refractivity contribution in [2.75, 3.05) is 5.73 Å². The van der Waals surface area contributed by atoms with Crippen molar-refractivity contribution >= 4 is 22.0 Å². The molecule has 2 aromatic heterocycles. The maximum Gasteiger partial charge on any atom is 0.234 e. The van der Waals surface area contributed by atoms with Gasteiger partial charge in [-0.15, -0.1) is 10.2 Å². The van der Waals surface area contributed by atoms with Crippen LogP contribution in [0.4, 0.5) is 5.69 Å². The summed E-state index contributed by atoms with van der Waals surface area (Å²) in [5.74, 6) is 0.874. The van der Waals surface area contributed by atoms with E-state index >= 15 is 0 Å². The van der Waals surface area contributed by atoms with Crippen molar-refractivity contribution in [3.63, 3.8) is 0 Å². The minimum atomic E-state index is 0.739. The number of anilines is 1. The third kappa shape index (κ3) is 1.65. The van der Waals surface area contributed by atoms with Gasteiger partial charge >= 0.3 is 0 Å². The van der Waals surface area contributed by atoms with E-state index in [2.05, 4.69) is 15.3 Å². The van der Waals surface area contributed by atoms with E-state index < -0.39 is 0 Å². The molecule has 0 aliphatic heterocycles. The second kappa shape index (κ2) is 4.06. The van der Waals surface area contributed by atoms with Crippen molar-refractivity contribution < 1.29 is 0 Å². The molecule has 0 aliphatic rings. The molecule has 0 unspecified atom stereocenters. The molecule has 5 nitrogen and oxygen atoms in total. The molecule has 2 N–H and O–H groups in total. The Morgan fingerprint density at radius 3 is 2.94 bits per heavy atom. The number of fused-ring (bicyclic) bond motifs is 1. The number of benzene rings is 1. The summed E-state index contributed by atoms with van der Waals surface area (Å²) in [6.07, 6.45) is 0.813. The summed E-state index contributed by atoms with van der Waals surface area (Å²) >= 11 is 1.51. The van der Waals surface area contributed by atoms with E-state index in [1.165, 1.54) is 16.9 Å². The maximum absolute atomic E-state index is 6.00. The molecule has 0 radical (unpaired) electrons. The van der Waals surface area contributed by atoms with Gasteiger partial charge in [-0.25, -0.2) is 0 Å². The van der Waals surface area contributed by atoms with E-state index in [1.54, 1.807) is 4.52 Å². The number of aryl methyl sites for hydroxylation is 2. The van der Waals surface area contributed by atoms with Gasteiger partial charge in [0.25, 0.3) is 0 Å². The molecule has 1 aromatic carbocycles. The van der Waals surface area contributed by atoms with Crippen LogP contribution in [0.3, 0.4) is 0 Å². The number of nitrogen functional groups attached to an aromatic ring is 1. The molecule has 92 valence electrons. The summed E-state index contributed by atoms with van der Waals surface area (Å²) in [6.45, 7) is 4.08.